The number of hydrogen-bond donors (Lipinski definition) is 0. The molecule has 1 aromatic carbocycles. The summed E-state index contributed by atoms with van der Waals surface area (Å²) in [7, 11) is 0. The van der Waals surface area contributed by atoms with Crippen molar-refractivity contribution < 1.29 is 0 Å². The van der Waals surface area contributed by atoms with Crippen molar-refractivity contribution >= 4 is 27.3 Å². The monoisotopic (exact) mass is 317 g/mol. The van der Waals surface area contributed by atoms with Gasteiger partial charge in [0, 0.05) is 10.0 Å². The number of rotatable bonds is 2. The highest BCUT2D eigenvalue weighted by atomic mass is 79.9. The Hall–Kier alpha value is -1.59. The summed E-state index contributed by atoms with van der Waals surface area (Å²) in [6.07, 6.45) is 1.55. The van der Waals surface area contributed by atoms with E-state index >= 15 is 0 Å². The molecule has 0 amide bonds. The van der Waals surface area contributed by atoms with Crippen LogP contribution >= 0.6 is 27.3 Å². The largest absolute Gasteiger partial charge is 0.217 e. The van der Waals surface area contributed by atoms with Crippen LogP contribution in [0.5, 0.6) is 0 Å². The van der Waals surface area contributed by atoms with Gasteiger partial charge in [-0.25, -0.2) is 15.0 Å². The Bertz CT molecular complexity index is 650. The number of benzene rings is 1. The SMILES string of the molecule is Brc1ccc(-c2ncnc(-c3cccs3)n2)cc1. The van der Waals surface area contributed by atoms with Crippen LogP contribution in [-0.4, -0.2) is 15.0 Å². The molecule has 3 nitrogen and oxygen atoms in total. The average Bonchev–Trinajstić information content (AvgIpc) is 2.94. The van der Waals surface area contributed by atoms with Gasteiger partial charge in [0.1, 0.15) is 6.33 Å². The second kappa shape index (κ2) is 4.96. The van der Waals surface area contributed by atoms with E-state index in [0.717, 1.165) is 20.7 Å². The lowest BCUT2D eigenvalue weighted by Crippen LogP contribution is -1.93. The van der Waals surface area contributed by atoms with Crippen molar-refractivity contribution in [1.29, 1.82) is 0 Å². The third-order valence-electron chi connectivity index (χ3n) is 2.42. The summed E-state index contributed by atoms with van der Waals surface area (Å²) in [4.78, 5) is 14.0. The van der Waals surface area contributed by atoms with Crippen LogP contribution < -0.4 is 0 Å². The van der Waals surface area contributed by atoms with Crippen molar-refractivity contribution in [2.45, 2.75) is 0 Å². The molecule has 0 N–H and O–H groups in total. The van der Waals surface area contributed by atoms with Crippen molar-refractivity contribution in [3.05, 3.63) is 52.6 Å². The van der Waals surface area contributed by atoms with Gasteiger partial charge in [0.25, 0.3) is 0 Å². The molecule has 5 heteroatoms. The number of halogens is 1. The minimum atomic E-state index is 0.695. The topological polar surface area (TPSA) is 38.7 Å². The van der Waals surface area contributed by atoms with E-state index in [9.17, 15) is 0 Å². The molecular weight excluding hydrogens is 310 g/mol. The maximum atomic E-state index is 4.49. The first-order chi connectivity index (χ1) is 8.83. The maximum absolute atomic E-state index is 4.49. The first-order valence-electron chi connectivity index (χ1n) is 5.32. The van der Waals surface area contributed by atoms with Crippen LogP contribution in [0, 0.1) is 0 Å². The van der Waals surface area contributed by atoms with Gasteiger partial charge in [-0.05, 0) is 23.6 Å². The Morgan fingerprint density at radius 1 is 0.944 bits per heavy atom. The predicted octanol–water partition coefficient (Wildman–Crippen LogP) is 4.03. The summed E-state index contributed by atoms with van der Waals surface area (Å²) < 4.78 is 1.04. The molecule has 0 bridgehead atoms. The van der Waals surface area contributed by atoms with Gasteiger partial charge in [-0.15, -0.1) is 11.3 Å². The molecule has 0 aliphatic rings. The predicted molar refractivity (Wildman–Crippen MR) is 76.3 cm³/mol. The quantitative estimate of drug-likeness (QED) is 0.716. The Kier molecular flexibility index (Phi) is 3.17. The van der Waals surface area contributed by atoms with Gasteiger partial charge in [0.2, 0.25) is 0 Å². The fourth-order valence-corrected chi connectivity index (χ4v) is 2.49. The van der Waals surface area contributed by atoms with E-state index in [-0.39, 0.29) is 0 Å². The normalized spacial score (nSPS) is 10.5. The van der Waals surface area contributed by atoms with Gasteiger partial charge in [-0.2, -0.15) is 0 Å². The van der Waals surface area contributed by atoms with Crippen LogP contribution in [0.4, 0.5) is 0 Å². The van der Waals surface area contributed by atoms with Crippen molar-refractivity contribution in [1.82, 2.24) is 15.0 Å². The summed E-state index contributed by atoms with van der Waals surface area (Å²) in [6, 6.07) is 11.9. The first-order valence-corrected chi connectivity index (χ1v) is 6.99. The zero-order chi connectivity index (χ0) is 12.4. The van der Waals surface area contributed by atoms with Gasteiger partial charge in [0.05, 0.1) is 4.88 Å². The molecule has 0 saturated carbocycles. The van der Waals surface area contributed by atoms with E-state index in [2.05, 4.69) is 30.9 Å². The molecular formula is C13H8BrN3S. The number of hydrogen-bond acceptors (Lipinski definition) is 4. The van der Waals surface area contributed by atoms with Crippen LogP contribution in [0.3, 0.4) is 0 Å². The average molecular weight is 318 g/mol. The zero-order valence-electron chi connectivity index (χ0n) is 9.25. The maximum Gasteiger partial charge on any atom is 0.173 e. The Morgan fingerprint density at radius 2 is 1.72 bits per heavy atom. The summed E-state index contributed by atoms with van der Waals surface area (Å²) in [5, 5.41) is 2.01. The van der Waals surface area contributed by atoms with Crippen molar-refractivity contribution in [3.63, 3.8) is 0 Å². The molecule has 0 atom stereocenters. The molecule has 88 valence electrons. The number of nitrogens with zero attached hydrogens (tertiary/aromatic N) is 3. The van der Waals surface area contributed by atoms with Gasteiger partial charge in [-0.3, -0.25) is 0 Å². The third-order valence-corrected chi connectivity index (χ3v) is 3.81. The highest BCUT2D eigenvalue weighted by molar-refractivity contribution is 9.10. The standard InChI is InChI=1S/C13H8BrN3S/c14-10-5-3-9(4-6-10)12-15-8-16-13(17-12)11-2-1-7-18-11/h1-8H. The van der Waals surface area contributed by atoms with E-state index < -0.39 is 0 Å². The van der Waals surface area contributed by atoms with Crippen LogP contribution in [-0.2, 0) is 0 Å². The van der Waals surface area contributed by atoms with Crippen LogP contribution in [0.2, 0.25) is 0 Å². The van der Waals surface area contributed by atoms with Crippen LogP contribution in [0.1, 0.15) is 0 Å². The lowest BCUT2D eigenvalue weighted by atomic mass is 10.2. The van der Waals surface area contributed by atoms with Gasteiger partial charge < -0.3 is 0 Å². The molecule has 0 aliphatic carbocycles. The van der Waals surface area contributed by atoms with Crippen LogP contribution in [0.15, 0.2) is 52.6 Å². The lowest BCUT2D eigenvalue weighted by molar-refractivity contribution is 1.07. The van der Waals surface area contributed by atoms with Crippen molar-refractivity contribution in [3.8, 4) is 22.1 Å². The summed E-state index contributed by atoms with van der Waals surface area (Å²) in [6.45, 7) is 0. The fourth-order valence-electron chi connectivity index (χ4n) is 1.56. The molecule has 0 radical (unpaired) electrons. The minimum Gasteiger partial charge on any atom is -0.217 e. The van der Waals surface area contributed by atoms with E-state index in [1.54, 1.807) is 17.7 Å². The van der Waals surface area contributed by atoms with E-state index in [1.807, 2.05) is 41.8 Å². The van der Waals surface area contributed by atoms with Gasteiger partial charge >= 0.3 is 0 Å². The molecule has 2 heterocycles. The van der Waals surface area contributed by atoms with E-state index in [4.69, 9.17) is 0 Å². The van der Waals surface area contributed by atoms with E-state index in [0.29, 0.717) is 5.82 Å². The molecule has 18 heavy (non-hydrogen) atoms. The molecule has 0 aliphatic heterocycles. The Morgan fingerprint density at radius 3 is 2.44 bits per heavy atom. The smallest absolute Gasteiger partial charge is 0.173 e. The molecule has 3 rings (SSSR count). The second-order valence-corrected chi connectivity index (χ2v) is 5.48. The third kappa shape index (κ3) is 2.32. The van der Waals surface area contributed by atoms with Gasteiger partial charge in [-0.1, -0.05) is 34.1 Å². The Labute approximate surface area is 117 Å². The second-order valence-electron chi connectivity index (χ2n) is 3.62. The first kappa shape index (κ1) is 11.5. The fraction of sp³-hybridized carbons (Fsp3) is 0. The summed E-state index contributed by atoms with van der Waals surface area (Å²) in [5.74, 6) is 1.42. The van der Waals surface area contributed by atoms with Gasteiger partial charge in [0.15, 0.2) is 11.6 Å². The molecule has 3 aromatic rings. The molecule has 0 fully saturated rings. The lowest BCUT2D eigenvalue weighted by Gasteiger charge is -2.01. The molecule has 2 aromatic heterocycles. The summed E-state index contributed by atoms with van der Waals surface area (Å²) in [5.41, 5.74) is 0.985. The Balaban J connectivity index is 2.03. The van der Waals surface area contributed by atoms with Crippen molar-refractivity contribution in [2.75, 3.05) is 0 Å². The summed E-state index contributed by atoms with van der Waals surface area (Å²) >= 11 is 5.03. The van der Waals surface area contributed by atoms with E-state index in [1.165, 1.54) is 0 Å². The molecule has 0 saturated heterocycles. The number of aromatic nitrogens is 3. The highest BCUT2D eigenvalue weighted by Gasteiger charge is 2.06. The minimum absolute atomic E-state index is 0.695. The van der Waals surface area contributed by atoms with Crippen molar-refractivity contribution in [2.24, 2.45) is 0 Å². The zero-order valence-corrected chi connectivity index (χ0v) is 11.6. The highest BCUT2D eigenvalue weighted by Crippen LogP contribution is 2.23. The molecule has 0 spiro atoms. The number of thiophene rings is 1. The van der Waals surface area contributed by atoms with Crippen LogP contribution in [0.25, 0.3) is 22.1 Å². The molecule has 0 unspecified atom stereocenters.